The molecule has 2 aromatic heterocycles. The molecule has 0 spiro atoms. The Balaban J connectivity index is 1.81. The number of unbranched alkanes of at least 4 members (excludes halogenated alkanes) is 1. The fourth-order valence-corrected chi connectivity index (χ4v) is 4.01. The third-order valence-corrected chi connectivity index (χ3v) is 5.12. The van der Waals surface area contributed by atoms with Crippen molar-refractivity contribution >= 4 is 32.8 Å². The number of thiazole rings is 1. The second-order valence-corrected chi connectivity index (χ2v) is 6.55. The van der Waals surface area contributed by atoms with Gasteiger partial charge in [0.05, 0.1) is 15.6 Å². The SMILES string of the molecule is NCCCCc1nc(-c2cc3ccccc3s2)cs1. The van der Waals surface area contributed by atoms with Crippen LogP contribution in [0.1, 0.15) is 17.8 Å². The first-order valence-electron chi connectivity index (χ1n) is 6.50. The monoisotopic (exact) mass is 288 g/mol. The maximum absolute atomic E-state index is 5.52. The molecule has 4 heteroatoms. The molecule has 0 atom stereocenters. The van der Waals surface area contributed by atoms with Gasteiger partial charge >= 0.3 is 0 Å². The van der Waals surface area contributed by atoms with E-state index in [1.165, 1.54) is 20.0 Å². The quantitative estimate of drug-likeness (QED) is 0.711. The van der Waals surface area contributed by atoms with Crippen LogP contribution in [0.3, 0.4) is 0 Å². The Labute approximate surface area is 120 Å². The number of thiophene rings is 1. The summed E-state index contributed by atoms with van der Waals surface area (Å²) in [7, 11) is 0. The van der Waals surface area contributed by atoms with E-state index in [1.807, 2.05) is 11.3 Å². The Morgan fingerprint density at radius 2 is 2.05 bits per heavy atom. The minimum absolute atomic E-state index is 0.772. The molecule has 0 aliphatic rings. The van der Waals surface area contributed by atoms with E-state index in [2.05, 4.69) is 35.7 Å². The van der Waals surface area contributed by atoms with Gasteiger partial charge in [0.15, 0.2) is 0 Å². The van der Waals surface area contributed by atoms with Crippen LogP contribution < -0.4 is 5.73 Å². The predicted molar refractivity (Wildman–Crippen MR) is 84.9 cm³/mol. The molecule has 0 fully saturated rings. The maximum atomic E-state index is 5.52. The highest BCUT2D eigenvalue weighted by Crippen LogP contribution is 2.33. The Morgan fingerprint density at radius 1 is 1.16 bits per heavy atom. The molecule has 0 saturated heterocycles. The van der Waals surface area contributed by atoms with Crippen LogP contribution in [0.25, 0.3) is 20.7 Å². The van der Waals surface area contributed by atoms with Crippen molar-refractivity contribution < 1.29 is 0 Å². The normalized spacial score (nSPS) is 11.2. The lowest BCUT2D eigenvalue weighted by Gasteiger charge is -1.94. The molecule has 3 aromatic rings. The van der Waals surface area contributed by atoms with Crippen molar-refractivity contribution in [1.29, 1.82) is 0 Å². The highest BCUT2D eigenvalue weighted by molar-refractivity contribution is 7.22. The fraction of sp³-hybridized carbons (Fsp3) is 0.267. The van der Waals surface area contributed by atoms with Gasteiger partial charge in [-0.05, 0) is 43.3 Å². The summed E-state index contributed by atoms with van der Waals surface area (Å²) in [5.74, 6) is 0. The highest BCUT2D eigenvalue weighted by atomic mass is 32.1. The molecular weight excluding hydrogens is 272 g/mol. The Hall–Kier alpha value is -1.23. The van der Waals surface area contributed by atoms with Crippen molar-refractivity contribution in [3.8, 4) is 10.6 Å². The van der Waals surface area contributed by atoms with Gasteiger partial charge in [-0.15, -0.1) is 22.7 Å². The van der Waals surface area contributed by atoms with Gasteiger partial charge in [0.25, 0.3) is 0 Å². The Kier molecular flexibility index (Phi) is 3.92. The van der Waals surface area contributed by atoms with Crippen LogP contribution in [0.15, 0.2) is 35.7 Å². The van der Waals surface area contributed by atoms with Gasteiger partial charge in [0, 0.05) is 10.1 Å². The first kappa shape index (κ1) is 12.8. The van der Waals surface area contributed by atoms with Gasteiger partial charge in [-0.25, -0.2) is 4.98 Å². The fourth-order valence-electron chi connectivity index (χ4n) is 2.07. The smallest absolute Gasteiger partial charge is 0.0932 e. The van der Waals surface area contributed by atoms with E-state index in [0.717, 1.165) is 31.5 Å². The highest BCUT2D eigenvalue weighted by Gasteiger charge is 2.08. The molecule has 3 rings (SSSR count). The number of rotatable bonds is 5. The summed E-state index contributed by atoms with van der Waals surface area (Å²) in [6, 6.07) is 10.7. The van der Waals surface area contributed by atoms with Crippen molar-refractivity contribution in [2.24, 2.45) is 5.73 Å². The van der Waals surface area contributed by atoms with E-state index >= 15 is 0 Å². The van der Waals surface area contributed by atoms with Crippen LogP contribution in [0.5, 0.6) is 0 Å². The second kappa shape index (κ2) is 5.82. The van der Waals surface area contributed by atoms with Crippen LogP contribution in [0.2, 0.25) is 0 Å². The molecule has 0 unspecified atom stereocenters. The predicted octanol–water partition coefficient (Wildman–Crippen LogP) is 4.31. The summed E-state index contributed by atoms with van der Waals surface area (Å²) >= 11 is 3.58. The number of aryl methyl sites for hydroxylation is 1. The molecule has 98 valence electrons. The number of fused-ring (bicyclic) bond motifs is 1. The molecule has 0 saturated carbocycles. The van der Waals surface area contributed by atoms with Crippen LogP contribution >= 0.6 is 22.7 Å². The molecule has 0 bridgehead atoms. The first-order valence-corrected chi connectivity index (χ1v) is 8.20. The van der Waals surface area contributed by atoms with Crippen molar-refractivity contribution in [3.05, 3.63) is 40.7 Å². The van der Waals surface area contributed by atoms with Crippen molar-refractivity contribution in [1.82, 2.24) is 4.98 Å². The Bertz CT molecular complexity index is 636. The zero-order valence-electron chi connectivity index (χ0n) is 10.6. The van der Waals surface area contributed by atoms with Crippen LogP contribution in [-0.4, -0.2) is 11.5 Å². The standard InChI is InChI=1S/C15H16N2S2/c16-8-4-3-7-15-17-12(10-18-15)14-9-11-5-1-2-6-13(11)19-14/h1-2,5-6,9-10H,3-4,7-8,16H2. The summed E-state index contributed by atoms with van der Waals surface area (Å²) in [5.41, 5.74) is 6.64. The molecule has 0 radical (unpaired) electrons. The average Bonchev–Trinajstić information content (AvgIpc) is 3.04. The van der Waals surface area contributed by atoms with E-state index in [0.29, 0.717) is 0 Å². The molecule has 2 N–H and O–H groups in total. The van der Waals surface area contributed by atoms with Crippen molar-refractivity contribution in [3.63, 3.8) is 0 Å². The van der Waals surface area contributed by atoms with Crippen molar-refractivity contribution in [2.45, 2.75) is 19.3 Å². The lowest BCUT2D eigenvalue weighted by Crippen LogP contribution is -1.98. The molecule has 0 amide bonds. The molecule has 2 heterocycles. The molecule has 2 nitrogen and oxygen atoms in total. The minimum atomic E-state index is 0.772. The molecule has 0 aliphatic carbocycles. The lowest BCUT2D eigenvalue weighted by atomic mass is 10.2. The summed E-state index contributed by atoms with van der Waals surface area (Å²) in [5, 5.41) is 4.70. The van der Waals surface area contributed by atoms with E-state index in [9.17, 15) is 0 Å². The zero-order chi connectivity index (χ0) is 13.1. The lowest BCUT2D eigenvalue weighted by molar-refractivity contribution is 0.742. The first-order chi connectivity index (χ1) is 9.36. The third-order valence-electron chi connectivity index (χ3n) is 3.07. The molecule has 19 heavy (non-hydrogen) atoms. The summed E-state index contributed by atoms with van der Waals surface area (Å²) in [4.78, 5) is 6.00. The molecule has 1 aromatic carbocycles. The number of nitrogens with two attached hydrogens (primary N) is 1. The number of nitrogens with zero attached hydrogens (tertiary/aromatic N) is 1. The van der Waals surface area contributed by atoms with Crippen molar-refractivity contribution in [2.75, 3.05) is 6.54 Å². The zero-order valence-corrected chi connectivity index (χ0v) is 12.3. The van der Waals surface area contributed by atoms with Crippen LogP contribution in [0.4, 0.5) is 0 Å². The van der Waals surface area contributed by atoms with Gasteiger partial charge in [-0.2, -0.15) is 0 Å². The molecule has 0 aliphatic heterocycles. The average molecular weight is 288 g/mol. The van der Waals surface area contributed by atoms with E-state index in [4.69, 9.17) is 10.7 Å². The molecular formula is C15H16N2S2. The second-order valence-electron chi connectivity index (χ2n) is 4.52. The van der Waals surface area contributed by atoms with E-state index in [1.54, 1.807) is 11.3 Å². The van der Waals surface area contributed by atoms with Crippen LogP contribution in [0, 0.1) is 0 Å². The van der Waals surface area contributed by atoms with Gasteiger partial charge < -0.3 is 5.73 Å². The van der Waals surface area contributed by atoms with Gasteiger partial charge in [-0.3, -0.25) is 0 Å². The maximum Gasteiger partial charge on any atom is 0.0932 e. The van der Waals surface area contributed by atoms with Gasteiger partial charge in [-0.1, -0.05) is 18.2 Å². The summed E-state index contributed by atoms with van der Waals surface area (Å²) in [6.07, 6.45) is 3.26. The number of hydrogen-bond donors (Lipinski definition) is 1. The minimum Gasteiger partial charge on any atom is -0.330 e. The third kappa shape index (κ3) is 2.86. The summed E-state index contributed by atoms with van der Waals surface area (Å²) < 4.78 is 1.33. The van der Waals surface area contributed by atoms with Gasteiger partial charge in [0.1, 0.15) is 0 Å². The topological polar surface area (TPSA) is 38.9 Å². The number of hydrogen-bond acceptors (Lipinski definition) is 4. The number of benzene rings is 1. The van der Waals surface area contributed by atoms with E-state index < -0.39 is 0 Å². The van der Waals surface area contributed by atoms with Crippen LogP contribution in [-0.2, 0) is 6.42 Å². The largest absolute Gasteiger partial charge is 0.330 e. The summed E-state index contributed by atoms with van der Waals surface area (Å²) in [6.45, 7) is 0.772. The number of aromatic nitrogens is 1. The van der Waals surface area contributed by atoms with Gasteiger partial charge in [0.2, 0.25) is 0 Å². The van der Waals surface area contributed by atoms with E-state index in [-0.39, 0.29) is 0 Å². The Morgan fingerprint density at radius 3 is 2.89 bits per heavy atom.